The topological polar surface area (TPSA) is 44.8 Å². The number of alkyl halides is 3. The molecule has 1 aliphatic heterocycles. The fourth-order valence-electron chi connectivity index (χ4n) is 2.09. The minimum atomic E-state index is -4.39. The standard InChI is InChI=1S/C15H12F3NO2/c16-15(17,18)10-4-3-5-11(8-10)19-13-7-2-1-6-12(13)14(20)9-21-14/h1-8,19-20H,9H2. The largest absolute Gasteiger partial charge is 0.416 e. The van der Waals surface area contributed by atoms with Crippen molar-refractivity contribution in [2.45, 2.75) is 12.0 Å². The van der Waals surface area contributed by atoms with E-state index in [1.54, 1.807) is 24.3 Å². The average molecular weight is 295 g/mol. The van der Waals surface area contributed by atoms with E-state index in [2.05, 4.69) is 5.32 Å². The minimum absolute atomic E-state index is 0.175. The average Bonchev–Trinajstić information content (AvgIpc) is 3.18. The number of halogens is 3. The fraction of sp³-hybridized carbons (Fsp3) is 0.200. The van der Waals surface area contributed by atoms with Crippen LogP contribution in [0.5, 0.6) is 0 Å². The number of nitrogens with one attached hydrogen (secondary N) is 1. The molecule has 21 heavy (non-hydrogen) atoms. The molecular weight excluding hydrogens is 283 g/mol. The zero-order chi connectivity index (χ0) is 15.1. The van der Waals surface area contributed by atoms with Crippen LogP contribution in [0.15, 0.2) is 48.5 Å². The third-order valence-electron chi connectivity index (χ3n) is 3.23. The van der Waals surface area contributed by atoms with Crippen LogP contribution in [0, 0.1) is 0 Å². The number of para-hydroxylation sites is 1. The Morgan fingerprint density at radius 2 is 1.81 bits per heavy atom. The summed E-state index contributed by atoms with van der Waals surface area (Å²) in [7, 11) is 0. The van der Waals surface area contributed by atoms with E-state index in [9.17, 15) is 18.3 Å². The number of benzene rings is 2. The van der Waals surface area contributed by atoms with E-state index in [1.165, 1.54) is 12.1 Å². The Labute approximate surface area is 119 Å². The maximum absolute atomic E-state index is 12.7. The molecule has 6 heteroatoms. The van der Waals surface area contributed by atoms with Gasteiger partial charge in [-0.05, 0) is 24.3 Å². The van der Waals surface area contributed by atoms with Gasteiger partial charge in [-0.3, -0.25) is 0 Å². The first-order valence-corrected chi connectivity index (χ1v) is 6.29. The van der Waals surface area contributed by atoms with Gasteiger partial charge in [0, 0.05) is 16.9 Å². The smallest absolute Gasteiger partial charge is 0.360 e. The van der Waals surface area contributed by atoms with Crippen molar-refractivity contribution in [3.63, 3.8) is 0 Å². The van der Waals surface area contributed by atoms with Crippen molar-refractivity contribution in [2.24, 2.45) is 0 Å². The van der Waals surface area contributed by atoms with Crippen molar-refractivity contribution >= 4 is 11.4 Å². The van der Waals surface area contributed by atoms with Crippen LogP contribution in [0.2, 0.25) is 0 Å². The molecule has 1 fully saturated rings. The molecule has 110 valence electrons. The van der Waals surface area contributed by atoms with Crippen molar-refractivity contribution in [1.82, 2.24) is 0 Å². The van der Waals surface area contributed by atoms with Crippen LogP contribution in [-0.2, 0) is 16.7 Å². The highest BCUT2D eigenvalue weighted by molar-refractivity contribution is 5.65. The summed E-state index contributed by atoms with van der Waals surface area (Å²) in [6.45, 7) is 0.175. The first kappa shape index (κ1) is 13.9. The SMILES string of the molecule is OC1(c2ccccc2Nc2cccc(C(F)(F)F)c2)CO1. The van der Waals surface area contributed by atoms with Gasteiger partial charge in [0.15, 0.2) is 0 Å². The molecule has 2 N–H and O–H groups in total. The van der Waals surface area contributed by atoms with Crippen LogP contribution >= 0.6 is 0 Å². The molecule has 0 spiro atoms. The molecule has 3 rings (SSSR count). The Bertz CT molecular complexity index is 666. The minimum Gasteiger partial charge on any atom is -0.360 e. The highest BCUT2D eigenvalue weighted by atomic mass is 19.4. The number of hydrogen-bond donors (Lipinski definition) is 2. The number of rotatable bonds is 3. The van der Waals surface area contributed by atoms with Gasteiger partial charge in [0.05, 0.1) is 5.56 Å². The number of aliphatic hydroxyl groups is 1. The van der Waals surface area contributed by atoms with E-state index in [1.807, 2.05) is 0 Å². The summed E-state index contributed by atoms with van der Waals surface area (Å²) in [5.74, 6) is -1.34. The molecule has 2 aromatic carbocycles. The maximum Gasteiger partial charge on any atom is 0.416 e. The Hall–Kier alpha value is -2.05. The summed E-state index contributed by atoms with van der Waals surface area (Å²) >= 11 is 0. The molecule has 0 saturated carbocycles. The normalized spacial score (nSPS) is 21.1. The van der Waals surface area contributed by atoms with Gasteiger partial charge in [0.2, 0.25) is 5.79 Å². The van der Waals surface area contributed by atoms with E-state index in [4.69, 9.17) is 4.74 Å². The zero-order valence-corrected chi connectivity index (χ0v) is 10.8. The third kappa shape index (κ3) is 2.86. The van der Waals surface area contributed by atoms with E-state index in [-0.39, 0.29) is 6.61 Å². The molecular formula is C15H12F3NO2. The van der Waals surface area contributed by atoms with Crippen LogP contribution in [0.25, 0.3) is 0 Å². The molecule has 1 heterocycles. The summed E-state index contributed by atoms with van der Waals surface area (Å²) in [6, 6.07) is 11.7. The number of epoxide rings is 1. The van der Waals surface area contributed by atoms with Gasteiger partial charge in [0.25, 0.3) is 0 Å². The highest BCUT2D eigenvalue weighted by Crippen LogP contribution is 2.40. The molecule has 0 aromatic heterocycles. The van der Waals surface area contributed by atoms with Crippen molar-refractivity contribution < 1.29 is 23.0 Å². The lowest BCUT2D eigenvalue weighted by Gasteiger charge is -2.15. The number of ether oxygens (including phenoxy) is 1. The van der Waals surface area contributed by atoms with Gasteiger partial charge in [-0.25, -0.2) is 0 Å². The second kappa shape index (κ2) is 4.75. The van der Waals surface area contributed by atoms with Gasteiger partial charge in [-0.15, -0.1) is 0 Å². The molecule has 0 aliphatic carbocycles. The summed E-state index contributed by atoms with van der Waals surface area (Å²) in [4.78, 5) is 0. The first-order valence-electron chi connectivity index (χ1n) is 6.29. The van der Waals surface area contributed by atoms with Crippen LogP contribution in [0.3, 0.4) is 0 Å². The number of anilines is 2. The van der Waals surface area contributed by atoms with Gasteiger partial charge in [-0.1, -0.05) is 24.3 Å². The van der Waals surface area contributed by atoms with Crippen molar-refractivity contribution in [1.29, 1.82) is 0 Å². The van der Waals surface area contributed by atoms with E-state index in [0.29, 0.717) is 16.9 Å². The third-order valence-corrected chi connectivity index (χ3v) is 3.23. The number of hydrogen-bond acceptors (Lipinski definition) is 3. The van der Waals surface area contributed by atoms with Crippen LogP contribution in [-0.4, -0.2) is 11.7 Å². The summed E-state index contributed by atoms with van der Waals surface area (Å²) < 4.78 is 43.1. The molecule has 1 aliphatic rings. The lowest BCUT2D eigenvalue weighted by molar-refractivity contribution is -0.137. The molecule has 1 saturated heterocycles. The molecule has 0 bridgehead atoms. The maximum atomic E-state index is 12.7. The predicted molar refractivity (Wildman–Crippen MR) is 71.0 cm³/mol. The van der Waals surface area contributed by atoms with Gasteiger partial charge in [-0.2, -0.15) is 13.2 Å². The Balaban J connectivity index is 1.91. The lowest BCUT2D eigenvalue weighted by atomic mass is 10.1. The molecule has 1 atom stereocenters. The van der Waals surface area contributed by atoms with E-state index < -0.39 is 17.5 Å². The summed E-state index contributed by atoms with van der Waals surface area (Å²) in [5, 5.41) is 12.9. The Kier molecular flexibility index (Phi) is 3.15. The van der Waals surface area contributed by atoms with E-state index in [0.717, 1.165) is 12.1 Å². The Morgan fingerprint density at radius 3 is 2.48 bits per heavy atom. The van der Waals surface area contributed by atoms with Gasteiger partial charge >= 0.3 is 6.18 Å². The first-order chi connectivity index (χ1) is 9.88. The molecule has 3 nitrogen and oxygen atoms in total. The monoisotopic (exact) mass is 295 g/mol. The van der Waals surface area contributed by atoms with Gasteiger partial charge in [0.1, 0.15) is 6.61 Å². The van der Waals surface area contributed by atoms with Crippen molar-refractivity contribution in [3.05, 3.63) is 59.7 Å². The summed E-state index contributed by atoms with van der Waals surface area (Å²) in [6.07, 6.45) is -4.39. The fourth-order valence-corrected chi connectivity index (χ4v) is 2.09. The van der Waals surface area contributed by atoms with Crippen LogP contribution < -0.4 is 5.32 Å². The van der Waals surface area contributed by atoms with Crippen LogP contribution in [0.1, 0.15) is 11.1 Å². The Morgan fingerprint density at radius 1 is 1.10 bits per heavy atom. The molecule has 0 radical (unpaired) electrons. The van der Waals surface area contributed by atoms with Gasteiger partial charge < -0.3 is 15.2 Å². The molecule has 2 aromatic rings. The summed E-state index contributed by atoms with van der Waals surface area (Å²) in [5.41, 5.74) is 0.576. The highest BCUT2D eigenvalue weighted by Gasteiger charge is 2.46. The van der Waals surface area contributed by atoms with E-state index >= 15 is 0 Å². The second-order valence-electron chi connectivity index (χ2n) is 4.82. The second-order valence-corrected chi connectivity index (χ2v) is 4.82. The van der Waals surface area contributed by atoms with Crippen LogP contribution in [0.4, 0.5) is 24.5 Å². The van der Waals surface area contributed by atoms with Crippen molar-refractivity contribution in [2.75, 3.05) is 11.9 Å². The quantitative estimate of drug-likeness (QED) is 0.850. The lowest BCUT2D eigenvalue weighted by Crippen LogP contribution is -2.10. The molecule has 1 unspecified atom stereocenters. The van der Waals surface area contributed by atoms with Crippen molar-refractivity contribution in [3.8, 4) is 0 Å². The molecule has 0 amide bonds. The zero-order valence-electron chi connectivity index (χ0n) is 10.8. The predicted octanol–water partition coefficient (Wildman–Crippen LogP) is 3.62.